The molecule has 140 valence electrons. The summed E-state index contributed by atoms with van der Waals surface area (Å²) in [5.74, 6) is 2.23. The standard InChI is InChI=1S/C18H24N4O2S2/c19-7-11-5-6-22(8-11)15(23)10-25-9-14-20-17(24)16-12-3-1-2-4-13(12)26-18(16)21-14/h11H,1-10,19H2,(H,20,21,24). The van der Waals surface area contributed by atoms with Gasteiger partial charge in [0.1, 0.15) is 10.7 Å². The van der Waals surface area contributed by atoms with E-state index in [4.69, 9.17) is 5.73 Å². The van der Waals surface area contributed by atoms with Crippen molar-refractivity contribution in [1.29, 1.82) is 0 Å². The molecule has 2 aliphatic rings. The molecule has 8 heteroatoms. The van der Waals surface area contributed by atoms with Gasteiger partial charge in [0, 0.05) is 18.0 Å². The van der Waals surface area contributed by atoms with Crippen molar-refractivity contribution < 1.29 is 4.79 Å². The van der Waals surface area contributed by atoms with E-state index in [2.05, 4.69) is 9.97 Å². The number of aryl methyl sites for hydroxylation is 2. The first kappa shape index (κ1) is 18.0. The minimum Gasteiger partial charge on any atom is -0.342 e. The molecule has 6 nitrogen and oxygen atoms in total. The molecular weight excluding hydrogens is 368 g/mol. The summed E-state index contributed by atoms with van der Waals surface area (Å²) in [7, 11) is 0. The molecule has 1 aliphatic carbocycles. The third-order valence-corrected chi connectivity index (χ3v) is 7.42. The number of thioether (sulfide) groups is 1. The van der Waals surface area contributed by atoms with Gasteiger partial charge in [-0.05, 0) is 50.1 Å². The van der Waals surface area contributed by atoms with Crippen LogP contribution in [0.5, 0.6) is 0 Å². The predicted octanol–water partition coefficient (Wildman–Crippen LogP) is 1.90. The summed E-state index contributed by atoms with van der Waals surface area (Å²) >= 11 is 3.18. The van der Waals surface area contributed by atoms with Crippen LogP contribution in [0.15, 0.2) is 4.79 Å². The third kappa shape index (κ3) is 3.54. The zero-order chi connectivity index (χ0) is 18.1. The molecule has 0 saturated carbocycles. The second-order valence-electron chi connectivity index (χ2n) is 7.13. The molecule has 3 N–H and O–H groups in total. The Bertz CT molecular complexity index is 876. The number of carbonyl (C=O) groups excluding carboxylic acids is 1. The van der Waals surface area contributed by atoms with Crippen molar-refractivity contribution in [2.75, 3.05) is 25.4 Å². The Labute approximate surface area is 160 Å². The molecular formula is C18H24N4O2S2. The van der Waals surface area contributed by atoms with E-state index in [1.807, 2.05) is 4.90 Å². The number of aromatic amines is 1. The maximum Gasteiger partial charge on any atom is 0.259 e. The number of fused-ring (bicyclic) bond motifs is 3. The van der Waals surface area contributed by atoms with Crippen LogP contribution < -0.4 is 11.3 Å². The number of rotatable bonds is 5. The molecule has 1 fully saturated rings. The summed E-state index contributed by atoms with van der Waals surface area (Å²) < 4.78 is 0. The van der Waals surface area contributed by atoms with E-state index in [0.29, 0.717) is 29.8 Å². The second kappa shape index (κ2) is 7.70. The number of nitrogens with one attached hydrogen (secondary N) is 1. The fourth-order valence-electron chi connectivity index (χ4n) is 3.85. The molecule has 3 heterocycles. The highest BCUT2D eigenvalue weighted by Crippen LogP contribution is 2.33. The van der Waals surface area contributed by atoms with Crippen molar-refractivity contribution in [3.63, 3.8) is 0 Å². The maximum absolute atomic E-state index is 12.5. The van der Waals surface area contributed by atoms with Gasteiger partial charge in [-0.1, -0.05) is 0 Å². The Morgan fingerprint density at radius 1 is 1.38 bits per heavy atom. The fourth-order valence-corrected chi connectivity index (χ4v) is 5.92. The number of carbonyl (C=O) groups is 1. The zero-order valence-corrected chi connectivity index (χ0v) is 16.4. The number of nitrogens with zero attached hydrogens (tertiary/aromatic N) is 2. The quantitative estimate of drug-likeness (QED) is 0.811. The molecule has 2 aromatic rings. The molecule has 0 spiro atoms. The number of H-pyrrole nitrogens is 1. The summed E-state index contributed by atoms with van der Waals surface area (Å²) in [5.41, 5.74) is 6.87. The van der Waals surface area contributed by atoms with Crippen LogP contribution in [0.1, 0.15) is 35.5 Å². The van der Waals surface area contributed by atoms with Gasteiger partial charge in [-0.2, -0.15) is 0 Å². The molecule has 1 saturated heterocycles. The van der Waals surface area contributed by atoms with Crippen molar-refractivity contribution in [2.45, 2.75) is 37.9 Å². The lowest BCUT2D eigenvalue weighted by Crippen LogP contribution is -2.31. The monoisotopic (exact) mass is 392 g/mol. The summed E-state index contributed by atoms with van der Waals surface area (Å²) in [6.07, 6.45) is 5.40. The number of likely N-dealkylation sites (tertiary alicyclic amines) is 1. The van der Waals surface area contributed by atoms with Gasteiger partial charge in [0.2, 0.25) is 5.91 Å². The van der Waals surface area contributed by atoms with Gasteiger partial charge < -0.3 is 15.6 Å². The van der Waals surface area contributed by atoms with Crippen LogP contribution in [-0.4, -0.2) is 46.2 Å². The van der Waals surface area contributed by atoms with Crippen LogP contribution >= 0.6 is 23.1 Å². The van der Waals surface area contributed by atoms with E-state index in [1.54, 1.807) is 11.3 Å². The van der Waals surface area contributed by atoms with Crippen molar-refractivity contribution in [3.05, 3.63) is 26.6 Å². The van der Waals surface area contributed by atoms with Gasteiger partial charge in [0.15, 0.2) is 0 Å². The topological polar surface area (TPSA) is 92.1 Å². The molecule has 1 atom stereocenters. The van der Waals surface area contributed by atoms with Crippen LogP contribution in [-0.2, 0) is 23.4 Å². The number of aromatic nitrogens is 2. The van der Waals surface area contributed by atoms with Crippen molar-refractivity contribution in [3.8, 4) is 0 Å². The Hall–Kier alpha value is -1.38. The predicted molar refractivity (Wildman–Crippen MR) is 107 cm³/mol. The van der Waals surface area contributed by atoms with Gasteiger partial charge in [-0.3, -0.25) is 9.59 Å². The first-order valence-electron chi connectivity index (χ1n) is 9.24. The number of amides is 1. The molecule has 1 aliphatic heterocycles. The van der Waals surface area contributed by atoms with Crippen LogP contribution in [0.25, 0.3) is 10.2 Å². The number of hydrogen-bond donors (Lipinski definition) is 2. The smallest absolute Gasteiger partial charge is 0.259 e. The van der Waals surface area contributed by atoms with Crippen LogP contribution in [0, 0.1) is 5.92 Å². The normalized spacial score (nSPS) is 19.9. The minimum atomic E-state index is -0.0262. The van der Waals surface area contributed by atoms with Crippen molar-refractivity contribution in [1.82, 2.24) is 14.9 Å². The summed E-state index contributed by atoms with van der Waals surface area (Å²) in [6, 6.07) is 0. The molecule has 1 amide bonds. The van der Waals surface area contributed by atoms with E-state index >= 15 is 0 Å². The SMILES string of the molecule is NCC1CCN(C(=O)CSCc2nc3sc4c(c3c(=O)[nH]2)CCCC4)C1. The molecule has 1 unspecified atom stereocenters. The van der Waals surface area contributed by atoms with Crippen molar-refractivity contribution in [2.24, 2.45) is 11.7 Å². The summed E-state index contributed by atoms with van der Waals surface area (Å²) in [4.78, 5) is 36.5. The Morgan fingerprint density at radius 3 is 3.04 bits per heavy atom. The average molecular weight is 393 g/mol. The summed E-state index contributed by atoms with van der Waals surface area (Å²) in [5, 5.41) is 0.791. The summed E-state index contributed by atoms with van der Waals surface area (Å²) in [6.45, 7) is 2.23. The van der Waals surface area contributed by atoms with Gasteiger partial charge in [0.05, 0.1) is 16.9 Å². The Morgan fingerprint density at radius 2 is 2.23 bits per heavy atom. The molecule has 2 aromatic heterocycles. The van der Waals surface area contributed by atoms with Crippen LogP contribution in [0.3, 0.4) is 0 Å². The van der Waals surface area contributed by atoms with E-state index in [-0.39, 0.29) is 11.5 Å². The second-order valence-corrected chi connectivity index (χ2v) is 9.20. The molecule has 0 radical (unpaired) electrons. The molecule has 0 bridgehead atoms. The number of nitrogens with two attached hydrogens (primary N) is 1. The number of hydrogen-bond acceptors (Lipinski definition) is 6. The van der Waals surface area contributed by atoms with E-state index in [0.717, 1.165) is 49.0 Å². The maximum atomic E-state index is 12.5. The first-order chi connectivity index (χ1) is 12.7. The first-order valence-corrected chi connectivity index (χ1v) is 11.2. The van der Waals surface area contributed by atoms with E-state index in [1.165, 1.54) is 28.6 Å². The van der Waals surface area contributed by atoms with E-state index < -0.39 is 0 Å². The molecule has 26 heavy (non-hydrogen) atoms. The fraction of sp³-hybridized carbons (Fsp3) is 0.611. The Kier molecular flexibility index (Phi) is 5.33. The van der Waals surface area contributed by atoms with Gasteiger partial charge in [0.25, 0.3) is 5.56 Å². The minimum absolute atomic E-state index is 0.0262. The van der Waals surface area contributed by atoms with E-state index in [9.17, 15) is 9.59 Å². The number of thiophene rings is 1. The largest absolute Gasteiger partial charge is 0.342 e. The highest BCUT2D eigenvalue weighted by atomic mass is 32.2. The molecule has 0 aromatic carbocycles. The van der Waals surface area contributed by atoms with Crippen molar-refractivity contribution >= 4 is 39.2 Å². The Balaban J connectivity index is 1.40. The highest BCUT2D eigenvalue weighted by Gasteiger charge is 2.25. The average Bonchev–Trinajstić information content (AvgIpc) is 3.26. The lowest BCUT2D eigenvalue weighted by molar-refractivity contribution is -0.127. The lowest BCUT2D eigenvalue weighted by atomic mass is 9.97. The van der Waals surface area contributed by atoms with Crippen LogP contribution in [0.4, 0.5) is 0 Å². The highest BCUT2D eigenvalue weighted by molar-refractivity contribution is 7.99. The van der Waals surface area contributed by atoms with Gasteiger partial charge in [-0.15, -0.1) is 23.1 Å². The third-order valence-electron chi connectivity index (χ3n) is 5.31. The van der Waals surface area contributed by atoms with Gasteiger partial charge >= 0.3 is 0 Å². The zero-order valence-electron chi connectivity index (χ0n) is 14.8. The van der Waals surface area contributed by atoms with Crippen LogP contribution in [0.2, 0.25) is 0 Å². The van der Waals surface area contributed by atoms with Gasteiger partial charge in [-0.25, -0.2) is 4.98 Å². The lowest BCUT2D eigenvalue weighted by Gasteiger charge is -2.15. The molecule has 4 rings (SSSR count).